The molecule has 0 aliphatic carbocycles. The van der Waals surface area contributed by atoms with Gasteiger partial charge in [0, 0.05) is 31.7 Å². The number of ether oxygens (including phenoxy) is 1. The highest BCUT2D eigenvalue weighted by Crippen LogP contribution is 2.29. The molecule has 0 bridgehead atoms. The van der Waals surface area contributed by atoms with E-state index in [2.05, 4.69) is 17.1 Å². The molecule has 2 heterocycles. The molecule has 0 amide bonds. The van der Waals surface area contributed by atoms with Crippen molar-refractivity contribution in [2.45, 2.75) is 26.2 Å². The van der Waals surface area contributed by atoms with Gasteiger partial charge in [-0.25, -0.2) is 8.42 Å². The Labute approximate surface area is 123 Å². The van der Waals surface area contributed by atoms with Crippen molar-refractivity contribution in [2.24, 2.45) is 5.41 Å². The van der Waals surface area contributed by atoms with Gasteiger partial charge in [-0.05, 0) is 32.4 Å². The van der Waals surface area contributed by atoms with E-state index in [0.717, 1.165) is 58.7 Å². The van der Waals surface area contributed by atoms with Crippen LogP contribution < -0.4 is 5.32 Å². The lowest BCUT2D eigenvalue weighted by Crippen LogP contribution is -2.45. The molecular weight excluding hydrogens is 276 g/mol. The molecule has 0 aromatic carbocycles. The Morgan fingerprint density at radius 1 is 1.30 bits per heavy atom. The highest BCUT2D eigenvalue weighted by molar-refractivity contribution is 7.91. The SMILES string of the molecule is CCCNCC1(CN2CCCS(=O)(=O)CC2)CCOC1. The molecule has 1 N–H and O–H groups in total. The Hall–Kier alpha value is -0.170. The molecule has 5 nitrogen and oxygen atoms in total. The lowest BCUT2D eigenvalue weighted by Gasteiger charge is -2.34. The number of hydrogen-bond donors (Lipinski definition) is 1. The monoisotopic (exact) mass is 304 g/mol. The Balaban J connectivity index is 1.90. The van der Waals surface area contributed by atoms with Crippen LogP contribution in [0.15, 0.2) is 0 Å². The third-order valence-electron chi connectivity index (χ3n) is 4.32. The number of rotatable bonds is 6. The molecule has 20 heavy (non-hydrogen) atoms. The normalized spacial score (nSPS) is 31.2. The van der Waals surface area contributed by atoms with Crippen LogP contribution in [0.3, 0.4) is 0 Å². The number of hydrogen-bond acceptors (Lipinski definition) is 5. The maximum Gasteiger partial charge on any atom is 0.151 e. The van der Waals surface area contributed by atoms with Gasteiger partial charge >= 0.3 is 0 Å². The van der Waals surface area contributed by atoms with E-state index >= 15 is 0 Å². The average molecular weight is 304 g/mol. The van der Waals surface area contributed by atoms with Crippen molar-refractivity contribution in [3.8, 4) is 0 Å². The summed E-state index contributed by atoms with van der Waals surface area (Å²) in [6, 6.07) is 0. The van der Waals surface area contributed by atoms with E-state index < -0.39 is 9.84 Å². The number of sulfone groups is 1. The van der Waals surface area contributed by atoms with Crippen LogP contribution >= 0.6 is 0 Å². The van der Waals surface area contributed by atoms with E-state index in [1.807, 2.05) is 0 Å². The van der Waals surface area contributed by atoms with E-state index in [1.165, 1.54) is 0 Å². The van der Waals surface area contributed by atoms with Crippen LogP contribution in [0.1, 0.15) is 26.2 Å². The Morgan fingerprint density at radius 2 is 2.15 bits per heavy atom. The topological polar surface area (TPSA) is 58.6 Å². The summed E-state index contributed by atoms with van der Waals surface area (Å²) in [6.07, 6.45) is 2.98. The van der Waals surface area contributed by atoms with Crippen LogP contribution in [0.4, 0.5) is 0 Å². The van der Waals surface area contributed by atoms with Crippen LogP contribution in [0, 0.1) is 5.41 Å². The molecule has 2 fully saturated rings. The Bertz CT molecular complexity index is 391. The third-order valence-corrected chi connectivity index (χ3v) is 6.03. The fourth-order valence-electron chi connectivity index (χ4n) is 3.12. The standard InChI is InChI=1S/C14H28N2O3S/c1-2-5-15-11-14(4-8-19-13-14)12-16-6-3-9-20(17,18)10-7-16/h15H,2-13H2,1H3. The van der Waals surface area contributed by atoms with Crippen LogP contribution in [0.25, 0.3) is 0 Å². The highest BCUT2D eigenvalue weighted by atomic mass is 32.2. The maximum absolute atomic E-state index is 11.7. The number of nitrogens with zero attached hydrogens (tertiary/aromatic N) is 1. The predicted octanol–water partition coefficient (Wildman–Crippen LogP) is 0.513. The fourth-order valence-corrected chi connectivity index (χ4v) is 4.43. The van der Waals surface area contributed by atoms with Crippen molar-refractivity contribution >= 4 is 9.84 Å². The van der Waals surface area contributed by atoms with Crippen LogP contribution in [0.5, 0.6) is 0 Å². The van der Waals surface area contributed by atoms with Crippen molar-refractivity contribution in [1.82, 2.24) is 10.2 Å². The predicted molar refractivity (Wildman–Crippen MR) is 80.7 cm³/mol. The zero-order valence-corrected chi connectivity index (χ0v) is 13.4. The molecule has 0 saturated carbocycles. The highest BCUT2D eigenvalue weighted by Gasteiger charge is 2.36. The molecule has 1 unspecified atom stereocenters. The summed E-state index contributed by atoms with van der Waals surface area (Å²) in [5, 5.41) is 3.51. The van der Waals surface area contributed by atoms with Gasteiger partial charge in [0.15, 0.2) is 9.84 Å². The largest absolute Gasteiger partial charge is 0.381 e. The molecule has 2 rings (SSSR count). The van der Waals surface area contributed by atoms with Crippen molar-refractivity contribution in [2.75, 3.05) is 57.4 Å². The molecule has 2 saturated heterocycles. The summed E-state index contributed by atoms with van der Waals surface area (Å²) in [7, 11) is -2.81. The molecule has 0 radical (unpaired) electrons. The first-order valence-electron chi connectivity index (χ1n) is 7.77. The molecule has 2 aliphatic heterocycles. The molecule has 0 aromatic rings. The minimum absolute atomic E-state index is 0.170. The van der Waals surface area contributed by atoms with E-state index in [0.29, 0.717) is 18.1 Å². The summed E-state index contributed by atoms with van der Waals surface area (Å²) >= 11 is 0. The van der Waals surface area contributed by atoms with E-state index in [-0.39, 0.29) is 5.41 Å². The van der Waals surface area contributed by atoms with Gasteiger partial charge in [-0.15, -0.1) is 0 Å². The number of nitrogens with one attached hydrogen (secondary N) is 1. The van der Waals surface area contributed by atoms with Crippen LogP contribution in [-0.2, 0) is 14.6 Å². The zero-order valence-electron chi connectivity index (χ0n) is 12.6. The summed E-state index contributed by atoms with van der Waals surface area (Å²) in [6.45, 7) is 8.35. The molecule has 0 aromatic heterocycles. The van der Waals surface area contributed by atoms with Gasteiger partial charge in [0.25, 0.3) is 0 Å². The summed E-state index contributed by atoms with van der Waals surface area (Å²) in [5.74, 6) is 0.660. The minimum atomic E-state index is -2.81. The van der Waals surface area contributed by atoms with E-state index in [4.69, 9.17) is 4.74 Å². The quantitative estimate of drug-likeness (QED) is 0.725. The van der Waals surface area contributed by atoms with Crippen molar-refractivity contribution < 1.29 is 13.2 Å². The lowest BCUT2D eigenvalue weighted by molar-refractivity contribution is 0.112. The average Bonchev–Trinajstić information content (AvgIpc) is 2.78. The van der Waals surface area contributed by atoms with Gasteiger partial charge in [0.1, 0.15) is 0 Å². The summed E-state index contributed by atoms with van der Waals surface area (Å²) in [5.41, 5.74) is 0.170. The Kier molecular flexibility index (Phi) is 5.84. The second-order valence-electron chi connectivity index (χ2n) is 6.26. The van der Waals surface area contributed by atoms with Crippen molar-refractivity contribution in [3.63, 3.8) is 0 Å². The first-order chi connectivity index (χ1) is 9.55. The van der Waals surface area contributed by atoms with Gasteiger partial charge in [-0.3, -0.25) is 0 Å². The first kappa shape index (κ1) is 16.2. The van der Waals surface area contributed by atoms with Gasteiger partial charge in [0.2, 0.25) is 0 Å². The molecule has 1 atom stereocenters. The molecule has 6 heteroatoms. The van der Waals surface area contributed by atoms with Gasteiger partial charge in [-0.2, -0.15) is 0 Å². The minimum Gasteiger partial charge on any atom is -0.381 e. The van der Waals surface area contributed by atoms with Crippen LogP contribution in [0.2, 0.25) is 0 Å². The van der Waals surface area contributed by atoms with Crippen molar-refractivity contribution in [3.05, 3.63) is 0 Å². The second-order valence-corrected chi connectivity index (χ2v) is 8.56. The maximum atomic E-state index is 11.7. The fraction of sp³-hybridized carbons (Fsp3) is 1.00. The third kappa shape index (κ3) is 4.69. The zero-order chi connectivity index (χ0) is 14.5. The van der Waals surface area contributed by atoms with Gasteiger partial charge < -0.3 is 15.0 Å². The molecular formula is C14H28N2O3S. The lowest BCUT2D eigenvalue weighted by atomic mass is 9.86. The van der Waals surface area contributed by atoms with E-state index in [1.54, 1.807) is 0 Å². The first-order valence-corrected chi connectivity index (χ1v) is 9.59. The summed E-state index contributed by atoms with van der Waals surface area (Å²) < 4.78 is 29.0. The molecule has 2 aliphatic rings. The molecule has 0 spiro atoms. The smallest absolute Gasteiger partial charge is 0.151 e. The van der Waals surface area contributed by atoms with Crippen molar-refractivity contribution in [1.29, 1.82) is 0 Å². The van der Waals surface area contributed by atoms with E-state index in [9.17, 15) is 8.42 Å². The van der Waals surface area contributed by atoms with Crippen LogP contribution in [-0.4, -0.2) is 70.8 Å². The second kappa shape index (κ2) is 7.20. The Morgan fingerprint density at radius 3 is 2.85 bits per heavy atom. The molecule has 118 valence electrons. The van der Waals surface area contributed by atoms with Gasteiger partial charge in [0.05, 0.1) is 18.1 Å². The summed E-state index contributed by atoms with van der Waals surface area (Å²) in [4.78, 5) is 2.33. The van der Waals surface area contributed by atoms with Gasteiger partial charge in [-0.1, -0.05) is 6.92 Å².